The predicted octanol–water partition coefficient (Wildman–Crippen LogP) is 5.21. The molecular weight excluding hydrogens is 256 g/mol. The molecule has 0 amide bonds. The van der Waals surface area contributed by atoms with Crippen LogP contribution in [0.25, 0.3) is 10.8 Å². The molecule has 1 fully saturated rings. The van der Waals surface area contributed by atoms with Crippen LogP contribution in [0.3, 0.4) is 0 Å². The van der Waals surface area contributed by atoms with Crippen molar-refractivity contribution in [2.75, 3.05) is 6.61 Å². The molecular formula is C20H22O. The average Bonchev–Trinajstić information content (AvgIpc) is 3.14. The number of benzene rings is 2. The number of rotatable bonds is 5. The third-order valence-corrected chi connectivity index (χ3v) is 5.14. The van der Waals surface area contributed by atoms with Gasteiger partial charge in [-0.2, -0.15) is 0 Å². The summed E-state index contributed by atoms with van der Waals surface area (Å²) in [5, 5.41) is 2.48. The largest absolute Gasteiger partial charge is 0.493 e. The Morgan fingerprint density at radius 1 is 0.952 bits per heavy atom. The molecule has 2 aromatic rings. The van der Waals surface area contributed by atoms with Crippen molar-refractivity contribution in [1.29, 1.82) is 0 Å². The summed E-state index contributed by atoms with van der Waals surface area (Å²) in [6, 6.07) is 14.8. The van der Waals surface area contributed by atoms with E-state index in [2.05, 4.69) is 54.6 Å². The third-order valence-electron chi connectivity index (χ3n) is 5.14. The minimum absolute atomic E-state index is 0.839. The molecule has 1 heteroatoms. The van der Waals surface area contributed by atoms with Crippen molar-refractivity contribution in [3.05, 3.63) is 54.6 Å². The van der Waals surface area contributed by atoms with Crippen molar-refractivity contribution in [3.8, 4) is 5.75 Å². The topological polar surface area (TPSA) is 9.23 Å². The van der Waals surface area contributed by atoms with Gasteiger partial charge in [0.25, 0.3) is 0 Å². The molecule has 3 unspecified atom stereocenters. The predicted molar refractivity (Wildman–Crippen MR) is 87.5 cm³/mol. The Morgan fingerprint density at radius 3 is 2.71 bits per heavy atom. The molecule has 1 nitrogen and oxygen atoms in total. The Bertz CT molecular complexity index is 652. The molecule has 0 spiro atoms. The van der Waals surface area contributed by atoms with Crippen LogP contribution in [0.5, 0.6) is 5.75 Å². The Kier molecular flexibility index (Phi) is 3.42. The normalized spacial score (nSPS) is 26.6. The van der Waals surface area contributed by atoms with E-state index >= 15 is 0 Å². The second-order valence-corrected chi connectivity index (χ2v) is 6.51. The second-order valence-electron chi connectivity index (χ2n) is 6.51. The first-order valence-electron chi connectivity index (χ1n) is 8.19. The summed E-state index contributed by atoms with van der Waals surface area (Å²) >= 11 is 0. The molecule has 0 saturated heterocycles. The van der Waals surface area contributed by atoms with Crippen LogP contribution in [-0.2, 0) is 0 Å². The van der Waals surface area contributed by atoms with E-state index < -0.39 is 0 Å². The van der Waals surface area contributed by atoms with E-state index in [1.54, 1.807) is 0 Å². The van der Waals surface area contributed by atoms with Crippen LogP contribution in [0.1, 0.15) is 25.7 Å². The van der Waals surface area contributed by atoms with E-state index in [0.717, 1.165) is 30.1 Å². The molecule has 2 aliphatic carbocycles. The molecule has 0 N–H and O–H groups in total. The SMILES string of the molecule is C1=CC2CC1CC2CCCOc1cccc2ccccc12. The number of hydrogen-bond donors (Lipinski definition) is 0. The summed E-state index contributed by atoms with van der Waals surface area (Å²) in [6.07, 6.45) is 10.2. The van der Waals surface area contributed by atoms with Crippen LogP contribution in [0, 0.1) is 17.8 Å². The summed E-state index contributed by atoms with van der Waals surface area (Å²) in [7, 11) is 0. The van der Waals surface area contributed by atoms with Gasteiger partial charge in [0, 0.05) is 5.39 Å². The minimum Gasteiger partial charge on any atom is -0.493 e. The smallest absolute Gasteiger partial charge is 0.127 e. The van der Waals surface area contributed by atoms with Crippen molar-refractivity contribution in [3.63, 3.8) is 0 Å². The van der Waals surface area contributed by atoms with Gasteiger partial charge in [0.1, 0.15) is 5.75 Å². The molecule has 2 aliphatic rings. The van der Waals surface area contributed by atoms with Crippen molar-refractivity contribution >= 4 is 10.8 Å². The zero-order chi connectivity index (χ0) is 14.1. The second kappa shape index (κ2) is 5.55. The van der Waals surface area contributed by atoms with Crippen LogP contribution in [0.15, 0.2) is 54.6 Å². The van der Waals surface area contributed by atoms with Crippen molar-refractivity contribution in [2.45, 2.75) is 25.7 Å². The van der Waals surface area contributed by atoms with Gasteiger partial charge < -0.3 is 4.74 Å². The van der Waals surface area contributed by atoms with E-state index in [1.807, 2.05) is 0 Å². The molecule has 108 valence electrons. The lowest BCUT2D eigenvalue weighted by atomic mass is 9.89. The van der Waals surface area contributed by atoms with Crippen LogP contribution < -0.4 is 4.74 Å². The third kappa shape index (κ3) is 2.57. The maximum atomic E-state index is 6.04. The first kappa shape index (κ1) is 12.9. The van der Waals surface area contributed by atoms with E-state index in [0.29, 0.717) is 0 Å². The fourth-order valence-electron chi connectivity index (χ4n) is 4.08. The highest BCUT2D eigenvalue weighted by Crippen LogP contribution is 2.45. The molecule has 0 radical (unpaired) electrons. The zero-order valence-corrected chi connectivity index (χ0v) is 12.4. The van der Waals surface area contributed by atoms with Crippen molar-refractivity contribution < 1.29 is 4.74 Å². The number of hydrogen-bond acceptors (Lipinski definition) is 1. The lowest BCUT2D eigenvalue weighted by molar-refractivity contribution is 0.285. The Balaban J connectivity index is 1.33. The first-order valence-corrected chi connectivity index (χ1v) is 8.19. The summed E-state index contributed by atoms with van der Waals surface area (Å²) in [5.74, 6) is 3.70. The fraction of sp³-hybridized carbons (Fsp3) is 0.400. The number of fused-ring (bicyclic) bond motifs is 3. The van der Waals surface area contributed by atoms with E-state index in [-0.39, 0.29) is 0 Å². The highest BCUT2D eigenvalue weighted by Gasteiger charge is 2.34. The van der Waals surface area contributed by atoms with Gasteiger partial charge in [0.05, 0.1) is 6.61 Å². The van der Waals surface area contributed by atoms with E-state index in [4.69, 9.17) is 4.74 Å². The quantitative estimate of drug-likeness (QED) is 0.539. The Morgan fingerprint density at radius 2 is 1.86 bits per heavy atom. The van der Waals surface area contributed by atoms with Gasteiger partial charge in [-0.05, 0) is 54.9 Å². The van der Waals surface area contributed by atoms with Gasteiger partial charge in [0.2, 0.25) is 0 Å². The van der Waals surface area contributed by atoms with Crippen LogP contribution in [-0.4, -0.2) is 6.61 Å². The van der Waals surface area contributed by atoms with Crippen molar-refractivity contribution in [1.82, 2.24) is 0 Å². The lowest BCUT2D eigenvalue weighted by Crippen LogP contribution is -2.09. The average molecular weight is 278 g/mol. The van der Waals surface area contributed by atoms with Crippen molar-refractivity contribution in [2.24, 2.45) is 17.8 Å². The molecule has 3 atom stereocenters. The van der Waals surface area contributed by atoms with Crippen LogP contribution in [0.2, 0.25) is 0 Å². The lowest BCUT2D eigenvalue weighted by Gasteiger charge is -2.18. The van der Waals surface area contributed by atoms with Gasteiger partial charge >= 0.3 is 0 Å². The first-order chi connectivity index (χ1) is 10.4. The number of allylic oxidation sites excluding steroid dienone is 2. The molecule has 2 bridgehead atoms. The highest BCUT2D eigenvalue weighted by molar-refractivity contribution is 5.88. The Hall–Kier alpha value is -1.76. The molecule has 4 rings (SSSR count). The van der Waals surface area contributed by atoms with Crippen LogP contribution >= 0.6 is 0 Å². The minimum atomic E-state index is 0.839. The monoisotopic (exact) mass is 278 g/mol. The molecule has 2 aromatic carbocycles. The van der Waals surface area contributed by atoms with Gasteiger partial charge in [-0.25, -0.2) is 0 Å². The van der Waals surface area contributed by atoms with E-state index in [1.165, 1.54) is 36.5 Å². The van der Waals surface area contributed by atoms with Gasteiger partial charge in [0.15, 0.2) is 0 Å². The number of ether oxygens (including phenoxy) is 1. The highest BCUT2D eigenvalue weighted by atomic mass is 16.5. The standard InChI is InChI=1S/C20H22O/c1-2-8-19-16(5-1)6-3-9-20(19)21-12-4-7-17-13-15-10-11-18(17)14-15/h1-3,5-6,8-11,15,17-18H,4,7,12-14H2. The van der Waals surface area contributed by atoms with Crippen LogP contribution in [0.4, 0.5) is 0 Å². The van der Waals surface area contributed by atoms with E-state index in [9.17, 15) is 0 Å². The van der Waals surface area contributed by atoms with Gasteiger partial charge in [-0.1, -0.05) is 48.6 Å². The van der Waals surface area contributed by atoms with Gasteiger partial charge in [-0.3, -0.25) is 0 Å². The Labute approximate surface area is 126 Å². The van der Waals surface area contributed by atoms with Gasteiger partial charge in [-0.15, -0.1) is 0 Å². The molecule has 0 aromatic heterocycles. The summed E-state index contributed by atoms with van der Waals surface area (Å²) < 4.78 is 6.04. The molecule has 0 heterocycles. The summed E-state index contributed by atoms with van der Waals surface area (Å²) in [4.78, 5) is 0. The maximum Gasteiger partial charge on any atom is 0.127 e. The zero-order valence-electron chi connectivity index (χ0n) is 12.4. The summed E-state index contributed by atoms with van der Waals surface area (Å²) in [5.41, 5.74) is 0. The molecule has 0 aliphatic heterocycles. The molecule has 21 heavy (non-hydrogen) atoms. The molecule has 1 saturated carbocycles. The maximum absolute atomic E-state index is 6.04. The summed E-state index contributed by atoms with van der Waals surface area (Å²) in [6.45, 7) is 0.839. The fourth-order valence-corrected chi connectivity index (χ4v) is 4.08.